The number of piperazine rings is 1. The molecule has 1 fully saturated rings. The summed E-state index contributed by atoms with van der Waals surface area (Å²) in [5.74, 6) is 2.34. The van der Waals surface area contributed by atoms with Crippen molar-refractivity contribution in [3.63, 3.8) is 0 Å². The summed E-state index contributed by atoms with van der Waals surface area (Å²) in [6, 6.07) is 9.77. The van der Waals surface area contributed by atoms with E-state index in [9.17, 15) is 4.79 Å². The van der Waals surface area contributed by atoms with Crippen molar-refractivity contribution in [2.75, 3.05) is 31.1 Å². The Balaban J connectivity index is 1.35. The number of carbonyl (C=O) groups is 1. The maximum atomic E-state index is 13.3. The lowest BCUT2D eigenvalue weighted by atomic mass is 10.2. The summed E-state index contributed by atoms with van der Waals surface area (Å²) >= 11 is 0. The number of fused-ring (bicyclic) bond motifs is 1. The maximum absolute atomic E-state index is 13.3. The van der Waals surface area contributed by atoms with Crippen LogP contribution >= 0.6 is 0 Å². The summed E-state index contributed by atoms with van der Waals surface area (Å²) in [5.41, 5.74) is 4.17. The van der Waals surface area contributed by atoms with Crippen LogP contribution in [0.25, 0.3) is 11.5 Å². The predicted octanol–water partition coefficient (Wildman–Crippen LogP) is 2.51. The number of hydrogen-bond acceptors (Lipinski definition) is 6. The zero-order chi connectivity index (χ0) is 22.4. The molecule has 1 aliphatic heterocycles. The van der Waals surface area contributed by atoms with E-state index in [-0.39, 0.29) is 5.91 Å². The number of aryl methyl sites for hydroxylation is 4. The number of anilines is 1. The second-order valence-electron chi connectivity index (χ2n) is 8.22. The lowest BCUT2D eigenvalue weighted by Crippen LogP contribution is -2.49. The SMILES string of the molecule is Cc1cc(C)n(-c2cc(N3CCN(C(=O)c4c(C)nc5ccccn45)CC3)nc(C)n2)n1. The number of amides is 1. The van der Waals surface area contributed by atoms with Crippen molar-refractivity contribution in [1.29, 1.82) is 0 Å². The number of pyridine rings is 1. The van der Waals surface area contributed by atoms with E-state index < -0.39 is 0 Å². The Kier molecular flexibility index (Phi) is 4.88. The highest BCUT2D eigenvalue weighted by molar-refractivity contribution is 5.94. The quantitative estimate of drug-likeness (QED) is 0.497. The van der Waals surface area contributed by atoms with Gasteiger partial charge < -0.3 is 9.80 Å². The smallest absolute Gasteiger partial charge is 0.272 e. The molecule has 0 saturated carbocycles. The Morgan fingerprint density at radius 1 is 0.906 bits per heavy atom. The lowest BCUT2D eigenvalue weighted by Gasteiger charge is -2.35. The van der Waals surface area contributed by atoms with Crippen LogP contribution in [0.1, 0.15) is 33.4 Å². The molecule has 0 N–H and O–H groups in total. The average molecular weight is 431 g/mol. The molecule has 4 aromatic heterocycles. The maximum Gasteiger partial charge on any atom is 0.272 e. The molecule has 32 heavy (non-hydrogen) atoms. The fraction of sp³-hybridized carbons (Fsp3) is 0.348. The third kappa shape index (κ3) is 3.49. The van der Waals surface area contributed by atoms with Gasteiger partial charge in [0.25, 0.3) is 5.91 Å². The van der Waals surface area contributed by atoms with E-state index in [1.807, 2.05) is 78.2 Å². The molecule has 0 atom stereocenters. The molecule has 9 heteroatoms. The first-order chi connectivity index (χ1) is 15.4. The van der Waals surface area contributed by atoms with Gasteiger partial charge in [-0.05, 0) is 45.9 Å². The van der Waals surface area contributed by atoms with Gasteiger partial charge in [0.1, 0.15) is 23.0 Å². The van der Waals surface area contributed by atoms with Gasteiger partial charge in [0.15, 0.2) is 5.82 Å². The third-order valence-electron chi connectivity index (χ3n) is 5.84. The topological polar surface area (TPSA) is 84.5 Å². The van der Waals surface area contributed by atoms with Gasteiger partial charge in [-0.2, -0.15) is 5.10 Å². The van der Waals surface area contributed by atoms with Gasteiger partial charge >= 0.3 is 0 Å². The lowest BCUT2D eigenvalue weighted by molar-refractivity contribution is 0.0738. The highest BCUT2D eigenvalue weighted by Crippen LogP contribution is 2.20. The van der Waals surface area contributed by atoms with Gasteiger partial charge in [-0.1, -0.05) is 6.07 Å². The summed E-state index contributed by atoms with van der Waals surface area (Å²) < 4.78 is 3.72. The first kappa shape index (κ1) is 20.2. The van der Waals surface area contributed by atoms with Crippen LogP contribution in [0.2, 0.25) is 0 Å². The highest BCUT2D eigenvalue weighted by atomic mass is 16.2. The van der Waals surface area contributed by atoms with E-state index in [1.54, 1.807) is 0 Å². The molecule has 0 spiro atoms. The summed E-state index contributed by atoms with van der Waals surface area (Å²) in [6.45, 7) is 10.4. The Hall–Kier alpha value is -3.75. The number of aromatic nitrogens is 6. The summed E-state index contributed by atoms with van der Waals surface area (Å²) in [7, 11) is 0. The van der Waals surface area contributed by atoms with Crippen LogP contribution < -0.4 is 4.90 Å². The minimum Gasteiger partial charge on any atom is -0.353 e. The van der Waals surface area contributed by atoms with E-state index >= 15 is 0 Å². The fourth-order valence-corrected chi connectivity index (χ4v) is 4.33. The molecular formula is C23H26N8O. The standard InChI is InChI=1S/C23H26N8O/c1-15-13-16(2)31(27-15)21-14-20(25-18(4)26-21)28-9-11-29(12-10-28)23(32)22-17(3)24-19-7-5-6-8-30(19)22/h5-8,13-14H,9-12H2,1-4H3. The van der Waals surface area contributed by atoms with Crippen LogP contribution in [0.3, 0.4) is 0 Å². The molecule has 4 aromatic rings. The van der Waals surface area contributed by atoms with Crippen LogP contribution in [0.4, 0.5) is 5.82 Å². The minimum atomic E-state index is 0.0167. The van der Waals surface area contributed by atoms with Gasteiger partial charge in [0.05, 0.1) is 11.4 Å². The first-order valence-electron chi connectivity index (χ1n) is 10.8. The first-order valence-corrected chi connectivity index (χ1v) is 10.8. The highest BCUT2D eigenvalue weighted by Gasteiger charge is 2.27. The van der Waals surface area contributed by atoms with E-state index in [4.69, 9.17) is 0 Å². The normalized spacial score (nSPS) is 14.4. The van der Waals surface area contributed by atoms with Crippen molar-refractivity contribution in [2.45, 2.75) is 27.7 Å². The van der Waals surface area contributed by atoms with Crippen molar-refractivity contribution in [2.24, 2.45) is 0 Å². The molecule has 0 radical (unpaired) electrons. The number of carbonyl (C=O) groups excluding carboxylic acids is 1. The van der Waals surface area contributed by atoms with Crippen molar-refractivity contribution >= 4 is 17.4 Å². The van der Waals surface area contributed by atoms with Crippen LogP contribution in [-0.2, 0) is 0 Å². The van der Waals surface area contributed by atoms with Crippen LogP contribution in [0.15, 0.2) is 36.5 Å². The molecule has 9 nitrogen and oxygen atoms in total. The monoisotopic (exact) mass is 430 g/mol. The summed E-state index contributed by atoms with van der Waals surface area (Å²) in [5, 5.41) is 4.55. The average Bonchev–Trinajstić information content (AvgIpc) is 3.30. The zero-order valence-corrected chi connectivity index (χ0v) is 18.8. The van der Waals surface area contributed by atoms with Crippen molar-refractivity contribution < 1.29 is 4.79 Å². The Labute approximate surface area is 186 Å². The Morgan fingerprint density at radius 3 is 2.38 bits per heavy atom. The van der Waals surface area contributed by atoms with E-state index in [0.717, 1.165) is 34.4 Å². The third-order valence-corrected chi connectivity index (χ3v) is 5.84. The molecule has 0 aromatic carbocycles. The molecular weight excluding hydrogens is 404 g/mol. The molecule has 0 bridgehead atoms. The van der Waals surface area contributed by atoms with Crippen molar-refractivity contribution in [3.05, 3.63) is 65.1 Å². The molecule has 1 amide bonds. The molecule has 1 aliphatic rings. The second-order valence-corrected chi connectivity index (χ2v) is 8.22. The zero-order valence-electron chi connectivity index (χ0n) is 18.8. The minimum absolute atomic E-state index is 0.0167. The Bertz CT molecular complexity index is 1310. The van der Waals surface area contributed by atoms with Crippen LogP contribution in [0.5, 0.6) is 0 Å². The number of rotatable bonds is 3. The van der Waals surface area contributed by atoms with Gasteiger partial charge in [0, 0.05) is 44.1 Å². The molecule has 0 unspecified atom stereocenters. The van der Waals surface area contributed by atoms with Gasteiger partial charge in [0.2, 0.25) is 0 Å². The fourth-order valence-electron chi connectivity index (χ4n) is 4.33. The van der Waals surface area contributed by atoms with Crippen LogP contribution in [-0.4, -0.2) is 66.1 Å². The molecule has 164 valence electrons. The van der Waals surface area contributed by atoms with Gasteiger partial charge in [-0.15, -0.1) is 0 Å². The second kappa shape index (κ2) is 7.74. The van der Waals surface area contributed by atoms with Gasteiger partial charge in [-0.25, -0.2) is 19.6 Å². The van der Waals surface area contributed by atoms with E-state index in [2.05, 4.69) is 25.0 Å². The molecule has 5 rings (SSSR count). The molecule has 1 saturated heterocycles. The molecule has 5 heterocycles. The summed E-state index contributed by atoms with van der Waals surface area (Å²) in [4.78, 5) is 31.1. The predicted molar refractivity (Wildman–Crippen MR) is 121 cm³/mol. The van der Waals surface area contributed by atoms with Crippen molar-refractivity contribution in [1.82, 2.24) is 34.0 Å². The number of hydrogen-bond donors (Lipinski definition) is 0. The van der Waals surface area contributed by atoms with Crippen molar-refractivity contribution in [3.8, 4) is 5.82 Å². The van der Waals surface area contributed by atoms with E-state index in [0.29, 0.717) is 37.7 Å². The Morgan fingerprint density at radius 2 is 1.66 bits per heavy atom. The van der Waals surface area contributed by atoms with Gasteiger partial charge in [-0.3, -0.25) is 9.20 Å². The number of nitrogens with zero attached hydrogens (tertiary/aromatic N) is 8. The van der Waals surface area contributed by atoms with E-state index in [1.165, 1.54) is 0 Å². The summed E-state index contributed by atoms with van der Waals surface area (Å²) in [6.07, 6.45) is 1.89. The largest absolute Gasteiger partial charge is 0.353 e. The molecule has 0 aliphatic carbocycles. The number of imidazole rings is 1. The van der Waals surface area contributed by atoms with Crippen LogP contribution in [0, 0.1) is 27.7 Å².